The molecule has 0 saturated carbocycles. The Kier molecular flexibility index (Phi) is 23.7. The van der Waals surface area contributed by atoms with Crippen molar-refractivity contribution in [3.63, 3.8) is 0 Å². The van der Waals surface area contributed by atoms with Gasteiger partial charge < -0.3 is 24.1 Å². The number of benzene rings is 2. The minimum absolute atomic E-state index is 0.134. The number of allylic oxidation sites excluding steroid dienone is 10. The minimum atomic E-state index is -0.216. The number of hydrogen-bond donors (Lipinski definition) is 0. The predicted molar refractivity (Wildman–Crippen MR) is 233 cm³/mol. The summed E-state index contributed by atoms with van der Waals surface area (Å²) in [5.41, 5.74) is 2.93. The van der Waals surface area contributed by atoms with Gasteiger partial charge >= 0.3 is 5.97 Å². The van der Waals surface area contributed by atoms with Crippen LogP contribution in [-0.4, -0.2) is 70.3 Å². The van der Waals surface area contributed by atoms with E-state index in [-0.39, 0.29) is 12.7 Å². The molecule has 1 aliphatic rings. The highest BCUT2D eigenvalue weighted by atomic mass is 35.5. The summed E-state index contributed by atoms with van der Waals surface area (Å²) < 4.78 is 11.8. The van der Waals surface area contributed by atoms with Gasteiger partial charge in [0, 0.05) is 57.8 Å². The molecule has 9 heteroatoms. The number of aryl methyl sites for hydroxylation is 1. The standard InChI is InChI=1S/C46H63Cl2N3O4/c1-3-4-5-6-7-8-9-10-11-12-13-14-15-16-17-18-19-20-28-45(53)55-39-49(2)44-38-41(30-29-40(44)25-24-36-52)54-37-22-21-31-50-32-34-51(35-33-50)43-27-23-26-42(47)46(43)48/h5-6,8-9,11-12,14-15,17-18,23,26-27,29-30,36,38H,3-4,7,10,13,16,19-22,24-25,28,31-35,37,39H2,1-2H3/b6-5-,9-8-,12-11-,15-14-,18-17-. The van der Waals surface area contributed by atoms with Crippen molar-refractivity contribution in [3.05, 3.63) is 113 Å². The molecule has 2 aromatic rings. The largest absolute Gasteiger partial charge is 0.494 e. The third-order valence-electron chi connectivity index (χ3n) is 9.33. The van der Waals surface area contributed by atoms with Crippen LogP contribution in [0, 0.1) is 0 Å². The molecule has 7 nitrogen and oxygen atoms in total. The monoisotopic (exact) mass is 791 g/mol. The normalized spacial score (nSPS) is 14.0. The van der Waals surface area contributed by atoms with Gasteiger partial charge in [-0.05, 0) is 94.5 Å². The lowest BCUT2D eigenvalue weighted by Crippen LogP contribution is -2.46. The maximum Gasteiger partial charge on any atom is 0.307 e. The van der Waals surface area contributed by atoms with Gasteiger partial charge in [0.15, 0.2) is 6.73 Å². The van der Waals surface area contributed by atoms with Crippen LogP contribution in [0.3, 0.4) is 0 Å². The first-order valence-electron chi connectivity index (χ1n) is 20.1. The first-order chi connectivity index (χ1) is 26.9. The zero-order valence-corrected chi connectivity index (χ0v) is 34.7. The molecule has 0 atom stereocenters. The third-order valence-corrected chi connectivity index (χ3v) is 10.1. The number of halogens is 2. The molecule has 300 valence electrons. The molecular formula is C46H63Cl2N3O4. The summed E-state index contributed by atoms with van der Waals surface area (Å²) in [7, 11) is 1.90. The van der Waals surface area contributed by atoms with Crippen LogP contribution < -0.4 is 14.5 Å². The van der Waals surface area contributed by atoms with Crippen molar-refractivity contribution in [1.29, 1.82) is 0 Å². The number of unbranched alkanes of at least 4 members (excludes halogenated alkanes) is 3. The average molecular weight is 793 g/mol. The number of carbonyl (C=O) groups excluding carboxylic acids is 2. The Labute approximate surface area is 341 Å². The molecule has 3 rings (SSSR count). The first-order valence-corrected chi connectivity index (χ1v) is 20.9. The summed E-state index contributed by atoms with van der Waals surface area (Å²) in [6, 6.07) is 11.7. The van der Waals surface area contributed by atoms with Gasteiger partial charge in [0.2, 0.25) is 0 Å². The minimum Gasteiger partial charge on any atom is -0.494 e. The molecule has 0 amide bonds. The molecule has 1 fully saturated rings. The second-order valence-corrected chi connectivity index (χ2v) is 14.6. The van der Waals surface area contributed by atoms with E-state index in [0.29, 0.717) is 35.9 Å². The van der Waals surface area contributed by atoms with E-state index in [1.807, 2.05) is 48.3 Å². The number of ether oxygens (including phenoxy) is 2. The highest BCUT2D eigenvalue weighted by molar-refractivity contribution is 6.43. The van der Waals surface area contributed by atoms with Gasteiger partial charge in [0.25, 0.3) is 0 Å². The van der Waals surface area contributed by atoms with Crippen molar-refractivity contribution in [2.75, 3.05) is 62.9 Å². The van der Waals surface area contributed by atoms with Gasteiger partial charge in [-0.1, -0.05) is 109 Å². The lowest BCUT2D eigenvalue weighted by molar-refractivity contribution is -0.143. The van der Waals surface area contributed by atoms with E-state index in [1.54, 1.807) is 0 Å². The zero-order chi connectivity index (χ0) is 39.4. The summed E-state index contributed by atoms with van der Waals surface area (Å²) in [4.78, 5) is 30.3. The summed E-state index contributed by atoms with van der Waals surface area (Å²) in [6.07, 6.45) is 34.0. The van der Waals surface area contributed by atoms with Crippen molar-refractivity contribution in [2.24, 2.45) is 0 Å². The van der Waals surface area contributed by atoms with Gasteiger partial charge in [0.05, 0.1) is 22.3 Å². The Morgan fingerprint density at radius 3 is 2.11 bits per heavy atom. The molecule has 0 N–H and O–H groups in total. The van der Waals surface area contributed by atoms with E-state index < -0.39 is 0 Å². The van der Waals surface area contributed by atoms with Crippen LogP contribution in [0.25, 0.3) is 0 Å². The third kappa shape index (κ3) is 19.1. The van der Waals surface area contributed by atoms with Gasteiger partial charge in [-0.15, -0.1) is 0 Å². The fourth-order valence-corrected chi connectivity index (χ4v) is 6.57. The van der Waals surface area contributed by atoms with E-state index in [9.17, 15) is 9.59 Å². The van der Waals surface area contributed by atoms with Gasteiger partial charge in [-0.25, -0.2) is 0 Å². The number of rotatable bonds is 27. The maximum atomic E-state index is 12.5. The van der Waals surface area contributed by atoms with Crippen LogP contribution in [0.5, 0.6) is 5.75 Å². The number of nitrogens with zero attached hydrogens (tertiary/aromatic N) is 3. The predicted octanol–water partition coefficient (Wildman–Crippen LogP) is 11.4. The highest BCUT2D eigenvalue weighted by Crippen LogP contribution is 2.33. The second kappa shape index (κ2) is 28.6. The molecule has 0 aliphatic carbocycles. The number of hydrogen-bond acceptors (Lipinski definition) is 7. The Morgan fingerprint density at radius 2 is 1.45 bits per heavy atom. The Balaban J connectivity index is 1.29. The first kappa shape index (κ1) is 45.6. The summed E-state index contributed by atoms with van der Waals surface area (Å²) in [6.45, 7) is 7.77. The number of aldehydes is 1. The topological polar surface area (TPSA) is 62.3 Å². The molecule has 1 aliphatic heterocycles. The van der Waals surface area contributed by atoms with Gasteiger partial charge in [-0.2, -0.15) is 0 Å². The van der Waals surface area contributed by atoms with Crippen LogP contribution in [0.1, 0.15) is 89.5 Å². The highest BCUT2D eigenvalue weighted by Gasteiger charge is 2.19. The fourth-order valence-electron chi connectivity index (χ4n) is 6.15. The molecule has 0 spiro atoms. The van der Waals surface area contributed by atoms with Crippen LogP contribution in [0.15, 0.2) is 97.2 Å². The Hall–Kier alpha value is -3.78. The van der Waals surface area contributed by atoms with Crippen molar-refractivity contribution in [2.45, 2.75) is 90.4 Å². The van der Waals surface area contributed by atoms with Crippen molar-refractivity contribution >= 4 is 46.8 Å². The summed E-state index contributed by atoms with van der Waals surface area (Å²) >= 11 is 12.7. The van der Waals surface area contributed by atoms with Crippen LogP contribution >= 0.6 is 23.2 Å². The lowest BCUT2D eigenvalue weighted by atomic mass is 10.1. The summed E-state index contributed by atoms with van der Waals surface area (Å²) in [5, 5.41) is 1.22. The second-order valence-electron chi connectivity index (χ2n) is 13.8. The number of anilines is 2. The maximum absolute atomic E-state index is 12.5. The SMILES string of the molecule is CCC/C=C\C/C=C\C/C=C\C/C=C\C/C=C\CCCC(=O)OCN(C)c1cc(OCCCCN2CCN(c3cccc(Cl)c3Cl)CC2)ccc1CCC=O. The Morgan fingerprint density at radius 1 is 0.800 bits per heavy atom. The zero-order valence-electron chi connectivity index (χ0n) is 33.2. The number of piperazine rings is 1. The molecule has 0 aromatic heterocycles. The molecular weight excluding hydrogens is 729 g/mol. The molecule has 1 saturated heterocycles. The Bertz CT molecular complexity index is 1550. The van der Waals surface area contributed by atoms with E-state index in [0.717, 1.165) is 119 Å². The molecule has 0 radical (unpaired) electrons. The molecule has 0 unspecified atom stereocenters. The lowest BCUT2D eigenvalue weighted by Gasteiger charge is -2.36. The summed E-state index contributed by atoms with van der Waals surface area (Å²) in [5.74, 6) is 0.550. The van der Waals surface area contributed by atoms with Crippen LogP contribution in [0.4, 0.5) is 11.4 Å². The molecule has 2 aromatic carbocycles. The molecule has 1 heterocycles. The quantitative estimate of drug-likeness (QED) is 0.0293. The van der Waals surface area contributed by atoms with Crippen LogP contribution in [-0.2, 0) is 20.7 Å². The van der Waals surface area contributed by atoms with E-state index in [1.165, 1.54) is 6.42 Å². The van der Waals surface area contributed by atoms with Gasteiger partial charge in [-0.3, -0.25) is 9.69 Å². The average Bonchev–Trinajstić information content (AvgIpc) is 3.20. The molecule has 0 bridgehead atoms. The van der Waals surface area contributed by atoms with Gasteiger partial charge in [0.1, 0.15) is 12.0 Å². The van der Waals surface area contributed by atoms with Crippen molar-refractivity contribution in [1.82, 2.24) is 4.90 Å². The van der Waals surface area contributed by atoms with Crippen LogP contribution in [0.2, 0.25) is 10.0 Å². The number of carbonyl (C=O) groups is 2. The van der Waals surface area contributed by atoms with E-state index in [2.05, 4.69) is 77.5 Å². The van der Waals surface area contributed by atoms with E-state index >= 15 is 0 Å². The van der Waals surface area contributed by atoms with Crippen molar-refractivity contribution < 1.29 is 19.1 Å². The van der Waals surface area contributed by atoms with E-state index in [4.69, 9.17) is 32.7 Å². The smallest absolute Gasteiger partial charge is 0.307 e. The molecule has 55 heavy (non-hydrogen) atoms. The van der Waals surface area contributed by atoms with Crippen molar-refractivity contribution in [3.8, 4) is 5.75 Å². The number of esters is 1. The fraction of sp³-hybridized carbons (Fsp3) is 0.478.